The third-order valence-electron chi connectivity index (χ3n) is 3.58. The first kappa shape index (κ1) is 28.3. The van der Waals surface area contributed by atoms with E-state index in [1.807, 2.05) is 36.4 Å². The Morgan fingerprint density at radius 1 is 0.893 bits per heavy atom. The first-order valence-corrected chi connectivity index (χ1v) is 10.4. The molecule has 0 saturated carbocycles. The quantitative estimate of drug-likeness (QED) is 0.284. The molecular formula is C24H38ClNO2. The molecule has 28 heavy (non-hydrogen) atoms. The molecular weight excluding hydrogens is 370 g/mol. The molecule has 0 amide bonds. The van der Waals surface area contributed by atoms with Crippen molar-refractivity contribution in [2.75, 3.05) is 7.05 Å². The summed E-state index contributed by atoms with van der Waals surface area (Å²) in [5.41, 5.74) is 1.41. The number of benzene rings is 2. The number of hydrogen-bond acceptors (Lipinski definition) is 2. The molecule has 0 atom stereocenters. The smallest absolute Gasteiger partial charge is 0.194 e. The van der Waals surface area contributed by atoms with Crippen LogP contribution in [-0.2, 0) is 0 Å². The summed E-state index contributed by atoms with van der Waals surface area (Å²) >= 11 is 5.54. The first-order chi connectivity index (χ1) is 13.2. The van der Waals surface area contributed by atoms with E-state index < -0.39 is 4.92 Å². The van der Waals surface area contributed by atoms with Crippen molar-refractivity contribution < 1.29 is 4.92 Å². The summed E-state index contributed by atoms with van der Waals surface area (Å²) in [4.78, 5) is 8.31. The maximum atomic E-state index is 8.81. The molecule has 0 radical (unpaired) electrons. The number of nitrogens with zero attached hydrogens (tertiary/aromatic N) is 1. The van der Waals surface area contributed by atoms with Crippen LogP contribution in [0.25, 0.3) is 0 Å². The molecule has 0 aliphatic heterocycles. The largest absolute Gasteiger partial charge is 0.265 e. The lowest BCUT2D eigenvalue weighted by Gasteiger charge is -2.01. The molecule has 2 rings (SSSR count). The SMILES string of the molecule is CC(C)c1ccccc1.CCCCCC(C)C.C[N+](=O)[O-].Clc1ccccc1. The highest BCUT2D eigenvalue weighted by Gasteiger charge is 1.93. The summed E-state index contributed by atoms with van der Waals surface area (Å²) in [6, 6.07) is 20.0. The summed E-state index contributed by atoms with van der Waals surface area (Å²) in [5, 5.41) is 9.60. The summed E-state index contributed by atoms with van der Waals surface area (Å²) in [6.07, 6.45) is 5.60. The fourth-order valence-electron chi connectivity index (χ4n) is 2.06. The number of unbranched alkanes of at least 4 members (excludes halogenated alkanes) is 2. The third kappa shape index (κ3) is 24.1. The predicted octanol–water partition coefficient (Wildman–Crippen LogP) is 8.27. The molecule has 0 fully saturated rings. The van der Waals surface area contributed by atoms with Crippen molar-refractivity contribution in [1.29, 1.82) is 0 Å². The van der Waals surface area contributed by atoms with E-state index in [-0.39, 0.29) is 0 Å². The Hall–Kier alpha value is -1.87. The van der Waals surface area contributed by atoms with E-state index in [0.717, 1.165) is 18.0 Å². The second-order valence-corrected chi connectivity index (χ2v) is 7.63. The number of halogens is 1. The van der Waals surface area contributed by atoms with Gasteiger partial charge in [0.1, 0.15) is 0 Å². The fraction of sp³-hybridized carbons (Fsp3) is 0.500. The molecule has 4 heteroatoms. The van der Waals surface area contributed by atoms with Gasteiger partial charge in [-0.05, 0) is 29.5 Å². The van der Waals surface area contributed by atoms with Crippen LogP contribution < -0.4 is 0 Å². The average Bonchev–Trinajstić information content (AvgIpc) is 2.64. The van der Waals surface area contributed by atoms with Gasteiger partial charge in [-0.1, -0.05) is 120 Å². The van der Waals surface area contributed by atoms with Gasteiger partial charge in [-0.15, -0.1) is 0 Å². The Kier molecular flexibility index (Phi) is 20.1. The van der Waals surface area contributed by atoms with Crippen LogP contribution >= 0.6 is 11.6 Å². The molecule has 0 N–H and O–H groups in total. The molecule has 0 aliphatic carbocycles. The minimum Gasteiger partial charge on any atom is -0.265 e. The monoisotopic (exact) mass is 407 g/mol. The van der Waals surface area contributed by atoms with E-state index in [9.17, 15) is 0 Å². The maximum Gasteiger partial charge on any atom is 0.194 e. The van der Waals surface area contributed by atoms with Crippen molar-refractivity contribution >= 4 is 11.6 Å². The lowest BCUT2D eigenvalue weighted by Crippen LogP contribution is -1.85. The van der Waals surface area contributed by atoms with Crippen LogP contribution in [0.1, 0.15) is 71.8 Å². The van der Waals surface area contributed by atoms with Crippen LogP contribution in [0.4, 0.5) is 0 Å². The molecule has 0 aliphatic rings. The minimum atomic E-state index is -0.500. The Labute approximate surface area is 177 Å². The second-order valence-electron chi connectivity index (χ2n) is 7.19. The Morgan fingerprint density at radius 3 is 1.57 bits per heavy atom. The van der Waals surface area contributed by atoms with E-state index in [1.165, 1.54) is 31.2 Å². The minimum absolute atomic E-state index is 0.500. The average molecular weight is 408 g/mol. The van der Waals surface area contributed by atoms with Crippen molar-refractivity contribution in [1.82, 2.24) is 0 Å². The molecule has 0 unspecified atom stereocenters. The van der Waals surface area contributed by atoms with Gasteiger partial charge in [-0.2, -0.15) is 0 Å². The molecule has 0 aromatic heterocycles. The lowest BCUT2D eigenvalue weighted by atomic mass is 10.0. The van der Waals surface area contributed by atoms with E-state index in [0.29, 0.717) is 5.92 Å². The first-order valence-electron chi connectivity index (χ1n) is 10.0. The van der Waals surface area contributed by atoms with Gasteiger partial charge < -0.3 is 0 Å². The van der Waals surface area contributed by atoms with Gasteiger partial charge >= 0.3 is 0 Å². The summed E-state index contributed by atoms with van der Waals surface area (Å²) in [7, 11) is 0.889. The molecule has 2 aromatic carbocycles. The van der Waals surface area contributed by atoms with Gasteiger partial charge in [-0.3, -0.25) is 10.1 Å². The Morgan fingerprint density at radius 2 is 1.32 bits per heavy atom. The topological polar surface area (TPSA) is 43.1 Å². The Bertz CT molecular complexity index is 568. The van der Waals surface area contributed by atoms with Crippen LogP contribution in [-0.4, -0.2) is 12.0 Å². The highest BCUT2D eigenvalue weighted by atomic mass is 35.5. The summed E-state index contributed by atoms with van der Waals surface area (Å²) < 4.78 is 0. The molecule has 0 heterocycles. The molecule has 3 nitrogen and oxygen atoms in total. The van der Waals surface area contributed by atoms with Gasteiger partial charge in [0.2, 0.25) is 0 Å². The van der Waals surface area contributed by atoms with Crippen molar-refractivity contribution in [2.24, 2.45) is 5.92 Å². The zero-order valence-electron chi connectivity index (χ0n) is 18.4. The highest BCUT2D eigenvalue weighted by molar-refractivity contribution is 6.30. The number of nitro groups is 1. The molecule has 2 aromatic rings. The zero-order chi connectivity index (χ0) is 21.8. The van der Waals surface area contributed by atoms with Gasteiger partial charge in [0.15, 0.2) is 7.05 Å². The number of hydrogen-bond donors (Lipinski definition) is 0. The van der Waals surface area contributed by atoms with Gasteiger partial charge in [0.25, 0.3) is 0 Å². The van der Waals surface area contributed by atoms with Crippen molar-refractivity contribution in [3.05, 3.63) is 81.4 Å². The van der Waals surface area contributed by atoms with E-state index in [2.05, 4.69) is 58.9 Å². The normalized spacial score (nSPS) is 9.32. The fourth-order valence-corrected chi connectivity index (χ4v) is 2.20. The van der Waals surface area contributed by atoms with Crippen molar-refractivity contribution in [2.45, 2.75) is 66.2 Å². The molecule has 158 valence electrons. The van der Waals surface area contributed by atoms with E-state index >= 15 is 0 Å². The van der Waals surface area contributed by atoms with Gasteiger partial charge in [0.05, 0.1) is 0 Å². The standard InChI is InChI=1S/C9H12.C8H18.C6H5Cl.CH3NO2/c1-8(2)9-6-4-3-5-7-9;1-4-5-6-7-8(2)3;7-6-4-2-1-3-5-6;1-2(3)4/h3-8H,1-2H3;8H,4-7H2,1-3H3;1-5H;1H3. The predicted molar refractivity (Wildman–Crippen MR) is 124 cm³/mol. The lowest BCUT2D eigenvalue weighted by molar-refractivity contribution is -0.445. The highest BCUT2D eigenvalue weighted by Crippen LogP contribution is 2.11. The maximum absolute atomic E-state index is 8.81. The van der Waals surface area contributed by atoms with Crippen LogP contribution in [0.3, 0.4) is 0 Å². The second kappa shape index (κ2) is 19.9. The number of rotatable bonds is 5. The van der Waals surface area contributed by atoms with E-state index in [1.54, 1.807) is 0 Å². The summed E-state index contributed by atoms with van der Waals surface area (Å²) in [5.74, 6) is 1.56. The van der Waals surface area contributed by atoms with Crippen LogP contribution in [0.5, 0.6) is 0 Å². The van der Waals surface area contributed by atoms with Crippen LogP contribution in [0.2, 0.25) is 5.02 Å². The molecule has 0 spiro atoms. The van der Waals surface area contributed by atoms with E-state index in [4.69, 9.17) is 21.7 Å². The Balaban J connectivity index is 0. The van der Waals surface area contributed by atoms with Crippen LogP contribution in [0.15, 0.2) is 60.7 Å². The summed E-state index contributed by atoms with van der Waals surface area (Å²) in [6.45, 7) is 11.2. The zero-order valence-corrected chi connectivity index (χ0v) is 19.2. The van der Waals surface area contributed by atoms with Crippen molar-refractivity contribution in [3.8, 4) is 0 Å². The van der Waals surface area contributed by atoms with Crippen LogP contribution in [0, 0.1) is 16.0 Å². The van der Waals surface area contributed by atoms with Gasteiger partial charge in [0, 0.05) is 9.95 Å². The molecule has 0 saturated heterocycles. The third-order valence-corrected chi connectivity index (χ3v) is 3.84. The van der Waals surface area contributed by atoms with Gasteiger partial charge in [-0.25, -0.2) is 0 Å². The van der Waals surface area contributed by atoms with Crippen molar-refractivity contribution in [3.63, 3.8) is 0 Å². The molecule has 0 bridgehead atoms.